The highest BCUT2D eigenvalue weighted by molar-refractivity contribution is 7.91. The number of rotatable bonds is 8. The largest absolute Gasteiger partial charge is 0.312 e. The van der Waals surface area contributed by atoms with E-state index in [2.05, 4.69) is 12.2 Å². The van der Waals surface area contributed by atoms with Crippen molar-refractivity contribution >= 4 is 21.4 Å². The number of sulfonamides is 1. The van der Waals surface area contributed by atoms with Crippen LogP contribution in [-0.2, 0) is 16.6 Å². The topological polar surface area (TPSA) is 49.4 Å². The Labute approximate surface area is 127 Å². The summed E-state index contributed by atoms with van der Waals surface area (Å²) in [4.78, 5) is 1.10. The van der Waals surface area contributed by atoms with Crippen molar-refractivity contribution < 1.29 is 8.42 Å². The number of hydrogen-bond donors (Lipinski definition) is 1. The maximum absolute atomic E-state index is 12.6. The van der Waals surface area contributed by atoms with E-state index in [9.17, 15) is 8.42 Å². The molecule has 0 aliphatic rings. The maximum Gasteiger partial charge on any atom is 0.252 e. The van der Waals surface area contributed by atoms with Crippen LogP contribution in [0.2, 0.25) is 0 Å². The summed E-state index contributed by atoms with van der Waals surface area (Å²) in [6.45, 7) is 9.66. The van der Waals surface area contributed by atoms with E-state index in [-0.39, 0.29) is 6.04 Å². The Morgan fingerprint density at radius 2 is 2.05 bits per heavy atom. The van der Waals surface area contributed by atoms with Crippen molar-refractivity contribution in [3.8, 4) is 0 Å². The highest BCUT2D eigenvalue weighted by Gasteiger charge is 2.27. The molecule has 1 aromatic heterocycles. The fourth-order valence-electron chi connectivity index (χ4n) is 2.01. The van der Waals surface area contributed by atoms with Gasteiger partial charge in [-0.3, -0.25) is 0 Å². The summed E-state index contributed by atoms with van der Waals surface area (Å²) < 4.78 is 27.2. The minimum atomic E-state index is -3.36. The second-order valence-electron chi connectivity index (χ2n) is 5.11. The molecule has 6 heteroatoms. The molecule has 0 saturated carbocycles. The Balaban J connectivity index is 2.98. The molecule has 0 saturated heterocycles. The van der Waals surface area contributed by atoms with E-state index in [4.69, 9.17) is 0 Å². The summed E-state index contributed by atoms with van der Waals surface area (Å²) in [6, 6.07) is 1.83. The van der Waals surface area contributed by atoms with E-state index in [1.165, 1.54) is 15.6 Å². The molecule has 1 rings (SSSR count). The first-order valence-corrected chi connectivity index (χ1v) is 9.38. The Bertz CT molecular complexity index is 523. The highest BCUT2D eigenvalue weighted by atomic mass is 32.2. The monoisotopic (exact) mass is 318 g/mol. The molecule has 1 aromatic rings. The van der Waals surface area contributed by atoms with E-state index in [0.29, 0.717) is 4.21 Å². The van der Waals surface area contributed by atoms with Crippen LogP contribution in [0.15, 0.2) is 10.3 Å². The highest BCUT2D eigenvalue weighted by Crippen LogP contribution is 2.29. The molecule has 1 unspecified atom stereocenters. The first-order chi connectivity index (χ1) is 9.34. The molecule has 0 radical (unpaired) electrons. The van der Waals surface area contributed by atoms with Gasteiger partial charge in [-0.25, -0.2) is 8.42 Å². The molecule has 0 aliphatic heterocycles. The Hall–Kier alpha value is -0.430. The van der Waals surface area contributed by atoms with E-state index >= 15 is 0 Å². The van der Waals surface area contributed by atoms with Gasteiger partial charge in [0.2, 0.25) is 0 Å². The predicted molar refractivity (Wildman–Crippen MR) is 85.8 cm³/mol. The number of aryl methyl sites for hydroxylation is 1. The minimum Gasteiger partial charge on any atom is -0.312 e. The smallest absolute Gasteiger partial charge is 0.252 e. The van der Waals surface area contributed by atoms with Gasteiger partial charge in [0.15, 0.2) is 0 Å². The maximum atomic E-state index is 12.6. The Morgan fingerprint density at radius 1 is 1.40 bits per heavy atom. The molecule has 116 valence electrons. The van der Waals surface area contributed by atoms with Crippen LogP contribution < -0.4 is 5.32 Å². The first kappa shape index (κ1) is 17.6. The number of nitrogens with zero attached hydrogens (tertiary/aromatic N) is 1. The molecule has 1 N–H and O–H groups in total. The van der Waals surface area contributed by atoms with Crippen molar-refractivity contribution in [1.82, 2.24) is 9.62 Å². The van der Waals surface area contributed by atoms with Crippen molar-refractivity contribution in [1.29, 1.82) is 0 Å². The van der Waals surface area contributed by atoms with Gasteiger partial charge in [-0.15, -0.1) is 11.3 Å². The quantitative estimate of drug-likeness (QED) is 0.801. The van der Waals surface area contributed by atoms with E-state index < -0.39 is 10.0 Å². The van der Waals surface area contributed by atoms with Crippen molar-refractivity contribution in [3.63, 3.8) is 0 Å². The lowest BCUT2D eigenvalue weighted by molar-refractivity contribution is 0.369. The van der Waals surface area contributed by atoms with Crippen molar-refractivity contribution in [2.24, 2.45) is 0 Å². The first-order valence-electron chi connectivity index (χ1n) is 7.12. The number of thiophene rings is 1. The van der Waals surface area contributed by atoms with Gasteiger partial charge in [0.05, 0.1) is 0 Å². The third-order valence-corrected chi connectivity index (χ3v) is 7.15. The standard InChI is InChI=1S/C14H26N2O2S2/c1-6-8-12(4)16(5)20(17,18)14-9-11(3)13(19-14)10-15-7-2/h9,12,15H,6-8,10H2,1-5H3. The van der Waals surface area contributed by atoms with E-state index in [1.54, 1.807) is 13.1 Å². The lowest BCUT2D eigenvalue weighted by Crippen LogP contribution is -2.34. The number of hydrogen-bond acceptors (Lipinski definition) is 4. The molecule has 0 amide bonds. The molecule has 0 aromatic carbocycles. The van der Waals surface area contributed by atoms with Gasteiger partial charge in [-0.05, 0) is 38.4 Å². The van der Waals surface area contributed by atoms with Gasteiger partial charge in [-0.2, -0.15) is 4.31 Å². The van der Waals surface area contributed by atoms with Gasteiger partial charge in [0, 0.05) is 24.5 Å². The molecule has 1 heterocycles. The summed E-state index contributed by atoms with van der Waals surface area (Å²) in [5.41, 5.74) is 1.05. The van der Waals surface area contributed by atoms with Crippen LogP contribution in [-0.4, -0.2) is 32.4 Å². The summed E-state index contributed by atoms with van der Waals surface area (Å²) in [7, 11) is -1.69. The van der Waals surface area contributed by atoms with Crippen LogP contribution in [0, 0.1) is 6.92 Å². The Morgan fingerprint density at radius 3 is 2.60 bits per heavy atom. The normalized spacial score (nSPS) is 13.9. The van der Waals surface area contributed by atoms with Crippen LogP contribution in [0.4, 0.5) is 0 Å². The zero-order valence-corrected chi connectivity index (χ0v) is 14.7. The summed E-state index contributed by atoms with van der Waals surface area (Å²) in [5, 5.41) is 3.24. The summed E-state index contributed by atoms with van der Waals surface area (Å²) in [6.07, 6.45) is 1.86. The summed E-state index contributed by atoms with van der Waals surface area (Å²) in [5.74, 6) is 0. The second kappa shape index (κ2) is 7.54. The average Bonchev–Trinajstić information content (AvgIpc) is 2.77. The molecule has 0 bridgehead atoms. The lowest BCUT2D eigenvalue weighted by atomic mass is 10.2. The minimum absolute atomic E-state index is 0.0321. The van der Waals surface area contributed by atoms with E-state index in [0.717, 1.165) is 36.4 Å². The van der Waals surface area contributed by atoms with Gasteiger partial charge in [-0.1, -0.05) is 20.3 Å². The fraction of sp³-hybridized carbons (Fsp3) is 0.714. The molecule has 1 atom stereocenters. The van der Waals surface area contributed by atoms with Gasteiger partial charge in [0.1, 0.15) is 4.21 Å². The van der Waals surface area contributed by atoms with Crippen LogP contribution in [0.1, 0.15) is 44.1 Å². The van der Waals surface area contributed by atoms with Crippen molar-refractivity contribution in [3.05, 3.63) is 16.5 Å². The molecule has 0 spiro atoms. The molecule has 0 fully saturated rings. The second-order valence-corrected chi connectivity index (χ2v) is 8.47. The molecule has 20 heavy (non-hydrogen) atoms. The molecule has 0 aliphatic carbocycles. The van der Waals surface area contributed by atoms with Gasteiger partial charge in [0.25, 0.3) is 10.0 Å². The average molecular weight is 319 g/mol. The third kappa shape index (κ3) is 4.04. The zero-order valence-electron chi connectivity index (χ0n) is 13.1. The molecular weight excluding hydrogens is 292 g/mol. The third-order valence-electron chi connectivity index (χ3n) is 3.49. The van der Waals surface area contributed by atoms with Gasteiger partial charge < -0.3 is 5.32 Å². The zero-order chi connectivity index (χ0) is 15.3. The van der Waals surface area contributed by atoms with Crippen molar-refractivity contribution in [2.75, 3.05) is 13.6 Å². The number of nitrogens with one attached hydrogen (secondary N) is 1. The lowest BCUT2D eigenvalue weighted by Gasteiger charge is -2.23. The van der Waals surface area contributed by atoms with Crippen LogP contribution >= 0.6 is 11.3 Å². The van der Waals surface area contributed by atoms with Gasteiger partial charge >= 0.3 is 0 Å². The molecular formula is C14H26N2O2S2. The predicted octanol–water partition coefficient (Wildman–Crippen LogP) is 2.98. The fourth-order valence-corrected chi connectivity index (χ4v) is 5.15. The van der Waals surface area contributed by atoms with Crippen LogP contribution in [0.3, 0.4) is 0 Å². The SMILES string of the molecule is CCCC(C)N(C)S(=O)(=O)c1cc(C)c(CNCC)s1. The van der Waals surface area contributed by atoms with Crippen LogP contribution in [0.5, 0.6) is 0 Å². The summed E-state index contributed by atoms with van der Waals surface area (Å²) >= 11 is 1.38. The van der Waals surface area contributed by atoms with E-state index in [1.807, 2.05) is 20.8 Å². The van der Waals surface area contributed by atoms with Crippen LogP contribution in [0.25, 0.3) is 0 Å². The molecule has 4 nitrogen and oxygen atoms in total. The Kier molecular flexibility index (Phi) is 6.64. The van der Waals surface area contributed by atoms with Crippen molar-refractivity contribution in [2.45, 2.75) is 57.3 Å².